The zero-order valence-electron chi connectivity index (χ0n) is 18.2. The average Bonchev–Trinajstić information content (AvgIpc) is 3.08. The number of aromatic nitrogens is 3. The van der Waals surface area contributed by atoms with Crippen LogP contribution in [0.3, 0.4) is 0 Å². The van der Waals surface area contributed by atoms with Gasteiger partial charge in [-0.2, -0.15) is 18.3 Å². The maximum absolute atomic E-state index is 13.6. The van der Waals surface area contributed by atoms with Gasteiger partial charge in [0, 0.05) is 25.8 Å². The van der Waals surface area contributed by atoms with Gasteiger partial charge in [-0.15, -0.1) is 0 Å². The minimum atomic E-state index is -4.95. The molecule has 180 valence electrons. The lowest BCUT2D eigenvalue weighted by atomic mass is 10.1. The monoisotopic (exact) mass is 480 g/mol. The second kappa shape index (κ2) is 8.89. The molecular weight excluding hydrogens is 460 g/mol. The number of halogens is 4. The number of aryl methyl sites for hydroxylation is 2. The summed E-state index contributed by atoms with van der Waals surface area (Å²) in [6.45, 7) is 3.56. The van der Waals surface area contributed by atoms with E-state index in [1.165, 1.54) is 6.20 Å². The Hall–Kier alpha value is -3.74. The molecule has 1 aliphatic heterocycles. The highest BCUT2D eigenvalue weighted by molar-refractivity contribution is 6.16. The normalized spacial score (nSPS) is 14.4. The molecule has 3 heterocycles. The molecule has 0 spiro atoms. The fourth-order valence-corrected chi connectivity index (χ4v) is 3.88. The molecule has 1 N–H and O–H groups in total. The quantitative estimate of drug-likeness (QED) is 0.454. The van der Waals surface area contributed by atoms with Crippen LogP contribution in [-0.4, -0.2) is 53.5 Å². The number of amides is 3. The van der Waals surface area contributed by atoms with Gasteiger partial charge in [0.2, 0.25) is 6.41 Å². The summed E-state index contributed by atoms with van der Waals surface area (Å²) in [6, 6.07) is 0.995. The fourth-order valence-electron chi connectivity index (χ4n) is 3.88. The van der Waals surface area contributed by atoms with Crippen LogP contribution in [-0.2, 0) is 22.8 Å². The van der Waals surface area contributed by atoms with E-state index < -0.39 is 23.6 Å². The predicted octanol–water partition coefficient (Wildman–Crippen LogP) is 3.47. The molecule has 3 amide bonds. The SMILES string of the molecule is Cc1nn(C)c2ncc(N(C=O)C(=O)Nc3ccc(F)c(C(F)(F)F)c3)c(N3CCOCC3)c12. The van der Waals surface area contributed by atoms with E-state index in [2.05, 4.69) is 15.4 Å². The van der Waals surface area contributed by atoms with Crippen LogP contribution in [0, 0.1) is 12.7 Å². The van der Waals surface area contributed by atoms with Crippen molar-refractivity contribution in [2.24, 2.45) is 7.05 Å². The first-order valence-electron chi connectivity index (χ1n) is 10.2. The van der Waals surface area contributed by atoms with Gasteiger partial charge in [0.05, 0.1) is 47.4 Å². The van der Waals surface area contributed by atoms with Crippen molar-refractivity contribution in [2.45, 2.75) is 13.1 Å². The average molecular weight is 480 g/mol. The number of imide groups is 1. The summed E-state index contributed by atoms with van der Waals surface area (Å²) in [5.74, 6) is -1.48. The summed E-state index contributed by atoms with van der Waals surface area (Å²) in [5, 5.41) is 7.23. The largest absolute Gasteiger partial charge is 0.419 e. The minimum absolute atomic E-state index is 0.121. The van der Waals surface area contributed by atoms with E-state index in [1.54, 1.807) is 18.7 Å². The van der Waals surface area contributed by atoms with Crippen molar-refractivity contribution in [2.75, 3.05) is 41.4 Å². The van der Waals surface area contributed by atoms with Gasteiger partial charge in [-0.05, 0) is 25.1 Å². The molecule has 4 rings (SSSR count). The van der Waals surface area contributed by atoms with Gasteiger partial charge in [-0.1, -0.05) is 0 Å². The molecule has 0 radical (unpaired) electrons. The number of morpholine rings is 1. The zero-order chi connectivity index (χ0) is 24.6. The maximum atomic E-state index is 13.6. The lowest BCUT2D eigenvalue weighted by Gasteiger charge is -2.32. The molecule has 1 aliphatic rings. The molecular formula is C21H20F4N6O3. The number of rotatable bonds is 4. The van der Waals surface area contributed by atoms with Crippen LogP contribution < -0.4 is 15.1 Å². The van der Waals surface area contributed by atoms with E-state index in [9.17, 15) is 27.2 Å². The first kappa shape index (κ1) is 23.4. The number of hydrogen-bond acceptors (Lipinski definition) is 6. The van der Waals surface area contributed by atoms with Crippen LogP contribution in [0.1, 0.15) is 11.3 Å². The van der Waals surface area contributed by atoms with E-state index in [4.69, 9.17) is 4.74 Å². The van der Waals surface area contributed by atoms with Gasteiger partial charge in [-0.25, -0.2) is 19.1 Å². The van der Waals surface area contributed by atoms with Crippen LogP contribution in [0.25, 0.3) is 11.0 Å². The number of anilines is 3. The number of nitrogens with one attached hydrogen (secondary N) is 1. The molecule has 2 aromatic heterocycles. The molecule has 1 fully saturated rings. The van der Waals surface area contributed by atoms with E-state index >= 15 is 0 Å². The molecule has 0 atom stereocenters. The Kier molecular flexibility index (Phi) is 6.13. The lowest BCUT2D eigenvalue weighted by molar-refractivity contribution is -0.139. The summed E-state index contributed by atoms with van der Waals surface area (Å²) in [6.07, 6.45) is -3.39. The van der Waals surface area contributed by atoms with Gasteiger partial charge in [-0.3, -0.25) is 9.48 Å². The second-order valence-corrected chi connectivity index (χ2v) is 7.60. The molecule has 0 bridgehead atoms. The van der Waals surface area contributed by atoms with Gasteiger partial charge in [0.1, 0.15) is 5.82 Å². The van der Waals surface area contributed by atoms with E-state index in [0.717, 1.165) is 6.07 Å². The Morgan fingerprint density at radius 3 is 2.62 bits per heavy atom. The topological polar surface area (TPSA) is 92.6 Å². The number of benzene rings is 1. The Morgan fingerprint density at radius 1 is 1.26 bits per heavy atom. The highest BCUT2D eigenvalue weighted by Crippen LogP contribution is 2.38. The lowest BCUT2D eigenvalue weighted by Crippen LogP contribution is -2.39. The molecule has 1 aromatic carbocycles. The van der Waals surface area contributed by atoms with E-state index in [0.29, 0.717) is 65.8 Å². The number of ether oxygens (including phenoxy) is 1. The Bertz CT molecular complexity index is 1250. The summed E-state index contributed by atoms with van der Waals surface area (Å²) < 4.78 is 59.7. The number of carbonyl (C=O) groups excluding carboxylic acids is 2. The summed E-state index contributed by atoms with van der Waals surface area (Å²) in [5.41, 5.74) is -0.0705. The van der Waals surface area contributed by atoms with Crippen molar-refractivity contribution >= 4 is 40.5 Å². The number of fused-ring (bicyclic) bond motifs is 1. The maximum Gasteiger partial charge on any atom is 0.419 e. The molecule has 1 saturated heterocycles. The first-order chi connectivity index (χ1) is 16.1. The van der Waals surface area contributed by atoms with E-state index in [-0.39, 0.29) is 17.8 Å². The third kappa shape index (κ3) is 4.25. The van der Waals surface area contributed by atoms with Crippen molar-refractivity contribution < 1.29 is 31.9 Å². The van der Waals surface area contributed by atoms with Crippen LogP contribution in [0.2, 0.25) is 0 Å². The van der Waals surface area contributed by atoms with Crippen molar-refractivity contribution in [1.82, 2.24) is 14.8 Å². The number of hydrogen-bond donors (Lipinski definition) is 1. The molecule has 13 heteroatoms. The van der Waals surface area contributed by atoms with Gasteiger partial charge >= 0.3 is 12.2 Å². The van der Waals surface area contributed by atoms with Gasteiger partial charge in [0.25, 0.3) is 0 Å². The number of alkyl halides is 3. The number of nitrogens with zero attached hydrogens (tertiary/aromatic N) is 5. The molecule has 0 unspecified atom stereocenters. The summed E-state index contributed by atoms with van der Waals surface area (Å²) >= 11 is 0. The highest BCUT2D eigenvalue weighted by atomic mass is 19.4. The molecule has 9 nitrogen and oxygen atoms in total. The summed E-state index contributed by atoms with van der Waals surface area (Å²) in [4.78, 5) is 32.0. The Morgan fingerprint density at radius 2 is 1.97 bits per heavy atom. The third-order valence-corrected chi connectivity index (χ3v) is 5.41. The van der Waals surface area contributed by atoms with Crippen molar-refractivity contribution in [1.29, 1.82) is 0 Å². The number of pyridine rings is 1. The smallest absolute Gasteiger partial charge is 0.378 e. The van der Waals surface area contributed by atoms with Crippen LogP contribution >= 0.6 is 0 Å². The molecule has 34 heavy (non-hydrogen) atoms. The number of carbonyl (C=O) groups is 2. The van der Waals surface area contributed by atoms with Crippen LogP contribution in [0.5, 0.6) is 0 Å². The van der Waals surface area contributed by atoms with Crippen LogP contribution in [0.15, 0.2) is 24.4 Å². The van der Waals surface area contributed by atoms with Crippen molar-refractivity contribution in [3.63, 3.8) is 0 Å². The Balaban J connectivity index is 1.76. The molecule has 3 aromatic rings. The number of urea groups is 1. The second-order valence-electron chi connectivity index (χ2n) is 7.60. The highest BCUT2D eigenvalue weighted by Gasteiger charge is 2.35. The van der Waals surface area contributed by atoms with Crippen molar-refractivity contribution in [3.05, 3.63) is 41.5 Å². The fraction of sp³-hybridized carbons (Fsp3) is 0.333. The van der Waals surface area contributed by atoms with Crippen LogP contribution in [0.4, 0.5) is 39.4 Å². The van der Waals surface area contributed by atoms with Crippen molar-refractivity contribution in [3.8, 4) is 0 Å². The summed E-state index contributed by atoms with van der Waals surface area (Å²) in [7, 11) is 1.71. The Labute approximate surface area is 190 Å². The molecule has 0 aliphatic carbocycles. The first-order valence-corrected chi connectivity index (χ1v) is 10.2. The molecule has 0 saturated carbocycles. The van der Waals surface area contributed by atoms with Gasteiger partial charge in [0.15, 0.2) is 5.65 Å². The predicted molar refractivity (Wildman–Crippen MR) is 115 cm³/mol. The van der Waals surface area contributed by atoms with Gasteiger partial charge < -0.3 is 15.0 Å². The zero-order valence-corrected chi connectivity index (χ0v) is 18.2. The standard InChI is InChI=1S/C21H20F4N6O3/c1-12-17-18(30-5-7-34-8-6-30)16(10-26-19(17)29(2)28-12)31(11-32)20(33)27-13-3-4-15(22)14(9-13)21(23,24)25/h3-4,9-11H,5-8H2,1-2H3,(H,27,33). The minimum Gasteiger partial charge on any atom is -0.378 e. The van der Waals surface area contributed by atoms with E-state index in [1.807, 2.05) is 4.90 Å². The third-order valence-electron chi connectivity index (χ3n) is 5.41.